The van der Waals surface area contributed by atoms with Gasteiger partial charge in [0.2, 0.25) is 0 Å². The molecule has 0 aliphatic rings. The summed E-state index contributed by atoms with van der Waals surface area (Å²) in [5.41, 5.74) is 2.14. The Labute approximate surface area is 122 Å². The highest BCUT2D eigenvalue weighted by Crippen LogP contribution is 2.10. The first-order valence-corrected chi connectivity index (χ1v) is 6.64. The van der Waals surface area contributed by atoms with Crippen LogP contribution in [0.3, 0.4) is 0 Å². The van der Waals surface area contributed by atoms with Crippen LogP contribution in [0.25, 0.3) is 0 Å². The van der Waals surface area contributed by atoms with Gasteiger partial charge in [-0.2, -0.15) is 0 Å². The summed E-state index contributed by atoms with van der Waals surface area (Å²) in [6.07, 6.45) is 4.85. The third kappa shape index (κ3) is 3.85. The summed E-state index contributed by atoms with van der Waals surface area (Å²) >= 11 is 0. The van der Waals surface area contributed by atoms with E-state index in [2.05, 4.69) is 15.3 Å². The molecule has 0 aromatic carbocycles. The largest absolute Gasteiger partial charge is 0.464 e. The minimum Gasteiger partial charge on any atom is -0.464 e. The highest BCUT2D eigenvalue weighted by atomic mass is 16.5. The number of nitrogens with zero attached hydrogens (tertiary/aromatic N) is 4. The van der Waals surface area contributed by atoms with E-state index in [0.717, 1.165) is 17.7 Å². The molecule has 0 atom stereocenters. The van der Waals surface area contributed by atoms with E-state index in [0.29, 0.717) is 19.6 Å². The standard InChI is InChI=1S/C14H18N4O3/c1-20-10-6-12-13(14(19)21-2)16-17-18(12)9-5-11-3-7-15-8-4-11/h3-4,7-8H,5-6,9-10H2,1-2H3. The number of aryl methyl sites for hydroxylation is 2. The van der Waals surface area contributed by atoms with Gasteiger partial charge in [0.15, 0.2) is 5.69 Å². The molecule has 112 valence electrons. The van der Waals surface area contributed by atoms with Crippen LogP contribution in [0.2, 0.25) is 0 Å². The summed E-state index contributed by atoms with van der Waals surface area (Å²) in [7, 11) is 2.95. The molecule has 7 heteroatoms. The molecule has 2 aromatic heterocycles. The number of carbonyl (C=O) groups is 1. The molecule has 0 bridgehead atoms. The molecule has 2 aromatic rings. The number of pyridine rings is 1. The SMILES string of the molecule is COCCc1c(C(=O)OC)nnn1CCc1ccncc1. The Balaban J connectivity index is 2.14. The van der Waals surface area contributed by atoms with Crippen molar-refractivity contribution in [3.05, 3.63) is 41.5 Å². The maximum atomic E-state index is 11.7. The van der Waals surface area contributed by atoms with Gasteiger partial charge in [-0.25, -0.2) is 9.48 Å². The van der Waals surface area contributed by atoms with E-state index < -0.39 is 5.97 Å². The summed E-state index contributed by atoms with van der Waals surface area (Å²) in [5, 5.41) is 7.97. The Morgan fingerprint density at radius 3 is 2.67 bits per heavy atom. The van der Waals surface area contributed by atoms with Crippen LogP contribution in [-0.4, -0.2) is 46.8 Å². The molecule has 0 aliphatic heterocycles. The third-order valence-corrected chi connectivity index (χ3v) is 3.12. The number of esters is 1. The van der Waals surface area contributed by atoms with Crippen LogP contribution < -0.4 is 0 Å². The van der Waals surface area contributed by atoms with Gasteiger partial charge in [0.05, 0.1) is 19.4 Å². The summed E-state index contributed by atoms with van der Waals surface area (Å²) < 4.78 is 11.5. The van der Waals surface area contributed by atoms with Crippen molar-refractivity contribution < 1.29 is 14.3 Å². The molecule has 7 nitrogen and oxygen atoms in total. The maximum Gasteiger partial charge on any atom is 0.360 e. The normalized spacial score (nSPS) is 10.6. The predicted molar refractivity (Wildman–Crippen MR) is 74.9 cm³/mol. The molecule has 0 aliphatic carbocycles. The summed E-state index contributed by atoms with van der Waals surface area (Å²) in [6.45, 7) is 1.12. The number of methoxy groups -OCH3 is 2. The Morgan fingerprint density at radius 1 is 1.24 bits per heavy atom. The van der Waals surface area contributed by atoms with Gasteiger partial charge in [-0.3, -0.25) is 4.98 Å². The molecule has 21 heavy (non-hydrogen) atoms. The van der Waals surface area contributed by atoms with Gasteiger partial charge in [0, 0.05) is 32.5 Å². The molecule has 0 spiro atoms. The zero-order valence-corrected chi connectivity index (χ0v) is 12.2. The maximum absolute atomic E-state index is 11.7. The van der Waals surface area contributed by atoms with Crippen molar-refractivity contribution in [2.45, 2.75) is 19.4 Å². The van der Waals surface area contributed by atoms with Crippen LogP contribution >= 0.6 is 0 Å². The van der Waals surface area contributed by atoms with E-state index in [1.54, 1.807) is 24.2 Å². The number of rotatable bonds is 7. The average molecular weight is 290 g/mol. The first-order chi connectivity index (χ1) is 10.3. The van der Waals surface area contributed by atoms with Crippen molar-refractivity contribution in [2.24, 2.45) is 0 Å². The number of hydrogen-bond acceptors (Lipinski definition) is 6. The van der Waals surface area contributed by atoms with E-state index in [1.807, 2.05) is 12.1 Å². The number of ether oxygens (including phenoxy) is 2. The Hall–Kier alpha value is -2.28. The van der Waals surface area contributed by atoms with Gasteiger partial charge < -0.3 is 9.47 Å². The third-order valence-electron chi connectivity index (χ3n) is 3.12. The van der Waals surface area contributed by atoms with Crippen LogP contribution in [0, 0.1) is 0 Å². The van der Waals surface area contributed by atoms with E-state index in [-0.39, 0.29) is 5.69 Å². The summed E-state index contributed by atoms with van der Waals surface area (Å²) in [5.74, 6) is -0.476. The lowest BCUT2D eigenvalue weighted by Crippen LogP contribution is -2.13. The van der Waals surface area contributed by atoms with Crippen LogP contribution in [-0.2, 0) is 28.9 Å². The summed E-state index contributed by atoms with van der Waals surface area (Å²) in [6, 6.07) is 3.90. The van der Waals surface area contributed by atoms with Crippen LogP contribution in [0.5, 0.6) is 0 Å². The smallest absolute Gasteiger partial charge is 0.360 e. The van der Waals surface area contributed by atoms with E-state index >= 15 is 0 Å². The fraction of sp³-hybridized carbons (Fsp3) is 0.429. The quantitative estimate of drug-likeness (QED) is 0.705. The molecular weight excluding hydrogens is 272 g/mol. The van der Waals surface area contributed by atoms with Crippen LogP contribution in [0.15, 0.2) is 24.5 Å². The van der Waals surface area contributed by atoms with Crippen LogP contribution in [0.1, 0.15) is 21.7 Å². The van der Waals surface area contributed by atoms with Gasteiger partial charge >= 0.3 is 5.97 Å². The zero-order valence-electron chi connectivity index (χ0n) is 12.2. The lowest BCUT2D eigenvalue weighted by atomic mass is 10.2. The first-order valence-electron chi connectivity index (χ1n) is 6.64. The van der Waals surface area contributed by atoms with E-state index in [9.17, 15) is 4.79 Å². The second kappa shape index (κ2) is 7.49. The van der Waals surface area contributed by atoms with Gasteiger partial charge in [0.1, 0.15) is 0 Å². The van der Waals surface area contributed by atoms with Gasteiger partial charge in [-0.1, -0.05) is 5.21 Å². The molecule has 2 rings (SSSR count). The fourth-order valence-corrected chi connectivity index (χ4v) is 2.00. The summed E-state index contributed by atoms with van der Waals surface area (Å²) in [4.78, 5) is 15.7. The molecule has 2 heterocycles. The van der Waals surface area contributed by atoms with E-state index in [4.69, 9.17) is 9.47 Å². The molecule has 0 N–H and O–H groups in total. The van der Waals surface area contributed by atoms with Crippen LogP contribution in [0.4, 0.5) is 0 Å². The van der Waals surface area contributed by atoms with Gasteiger partial charge in [-0.15, -0.1) is 5.10 Å². The van der Waals surface area contributed by atoms with Crippen molar-refractivity contribution in [2.75, 3.05) is 20.8 Å². The Kier molecular flexibility index (Phi) is 5.39. The Morgan fingerprint density at radius 2 is 2.00 bits per heavy atom. The predicted octanol–water partition coefficient (Wildman–Crippen LogP) is 0.891. The highest BCUT2D eigenvalue weighted by molar-refractivity contribution is 5.88. The van der Waals surface area contributed by atoms with Gasteiger partial charge in [-0.05, 0) is 24.1 Å². The molecule has 0 fully saturated rings. The minimum absolute atomic E-state index is 0.254. The lowest BCUT2D eigenvalue weighted by molar-refractivity contribution is 0.0592. The Bertz CT molecular complexity index is 583. The zero-order chi connectivity index (χ0) is 15.1. The molecule has 0 radical (unpaired) electrons. The second-order valence-corrected chi connectivity index (χ2v) is 4.45. The first kappa shape index (κ1) is 15.1. The van der Waals surface area contributed by atoms with Crippen molar-refractivity contribution in [3.8, 4) is 0 Å². The highest BCUT2D eigenvalue weighted by Gasteiger charge is 2.19. The topological polar surface area (TPSA) is 79.1 Å². The number of aromatic nitrogens is 4. The fourth-order valence-electron chi connectivity index (χ4n) is 2.00. The average Bonchev–Trinajstić information content (AvgIpc) is 2.94. The van der Waals surface area contributed by atoms with Crippen molar-refractivity contribution in [3.63, 3.8) is 0 Å². The molecule has 0 unspecified atom stereocenters. The molecule has 0 amide bonds. The molecule has 0 saturated heterocycles. The van der Waals surface area contributed by atoms with Crippen molar-refractivity contribution in [1.82, 2.24) is 20.0 Å². The molecule has 0 saturated carbocycles. The second-order valence-electron chi connectivity index (χ2n) is 4.45. The lowest BCUT2D eigenvalue weighted by Gasteiger charge is -2.07. The molecular formula is C14H18N4O3. The van der Waals surface area contributed by atoms with Gasteiger partial charge in [0.25, 0.3) is 0 Å². The monoisotopic (exact) mass is 290 g/mol. The van der Waals surface area contributed by atoms with Crippen molar-refractivity contribution in [1.29, 1.82) is 0 Å². The minimum atomic E-state index is -0.476. The van der Waals surface area contributed by atoms with E-state index in [1.165, 1.54) is 7.11 Å². The van der Waals surface area contributed by atoms with Crippen molar-refractivity contribution >= 4 is 5.97 Å². The number of carbonyl (C=O) groups excluding carboxylic acids is 1. The number of hydrogen-bond donors (Lipinski definition) is 0.